The van der Waals surface area contributed by atoms with E-state index in [1.807, 2.05) is 27.7 Å². The molecule has 1 saturated carbocycles. The minimum atomic E-state index is -1.42. The minimum Gasteiger partial charge on any atom is -0.481 e. The van der Waals surface area contributed by atoms with Crippen LogP contribution in [-0.4, -0.2) is 76.0 Å². The maximum Gasteiger partial charge on any atom is 0.326 e. The molecule has 0 aromatic heterocycles. The maximum absolute atomic E-state index is 12.9. The first-order valence-corrected chi connectivity index (χ1v) is 15.6. The molecule has 2 bridgehead atoms. The zero-order chi connectivity index (χ0) is 32.4. The summed E-state index contributed by atoms with van der Waals surface area (Å²) in [6.07, 6.45) is 0.558. The highest BCUT2D eigenvalue weighted by molar-refractivity contribution is 5.91. The van der Waals surface area contributed by atoms with Crippen LogP contribution in [0.5, 0.6) is 0 Å². The Labute approximate surface area is 256 Å². The molecule has 14 nitrogen and oxygen atoms in total. The van der Waals surface area contributed by atoms with Crippen LogP contribution in [0.25, 0.3) is 0 Å². The van der Waals surface area contributed by atoms with Crippen molar-refractivity contribution in [3.63, 3.8) is 0 Å². The summed E-state index contributed by atoms with van der Waals surface area (Å²) in [6.45, 7) is 9.62. The van der Waals surface area contributed by atoms with Gasteiger partial charge < -0.3 is 35.1 Å². The second kappa shape index (κ2) is 13.7. The van der Waals surface area contributed by atoms with Gasteiger partial charge in [0.2, 0.25) is 23.9 Å². The summed E-state index contributed by atoms with van der Waals surface area (Å²) in [5, 5.41) is 23.1. The third-order valence-corrected chi connectivity index (χ3v) is 9.52. The molecule has 5 rings (SSSR count). The molecule has 0 aromatic carbocycles. The number of aliphatic carboxylic acids is 2. The van der Waals surface area contributed by atoms with E-state index in [9.17, 15) is 29.1 Å². The molecule has 1 aliphatic carbocycles. The maximum atomic E-state index is 12.9. The molecular formula is C30H46N2O12. The van der Waals surface area contributed by atoms with Crippen molar-refractivity contribution in [3.05, 3.63) is 0 Å². The van der Waals surface area contributed by atoms with Crippen molar-refractivity contribution in [3.8, 4) is 0 Å². The zero-order valence-electron chi connectivity index (χ0n) is 26.0. The molecule has 2 amide bonds. The number of hydrogen-bond donors (Lipinski definition) is 4. The van der Waals surface area contributed by atoms with Crippen molar-refractivity contribution < 1.29 is 58.2 Å². The number of ether oxygens (including phenoxy) is 3. The number of carbonyl (C=O) groups excluding carboxylic acids is 3. The summed E-state index contributed by atoms with van der Waals surface area (Å²) in [5.41, 5.74) is -0.796. The van der Waals surface area contributed by atoms with Gasteiger partial charge in [0.05, 0.1) is 6.42 Å². The number of hydrogen-bond acceptors (Lipinski definition) is 10. The lowest BCUT2D eigenvalue weighted by molar-refractivity contribution is -0.576. The number of rotatable bonds is 13. The summed E-state index contributed by atoms with van der Waals surface area (Å²) in [6, 6.07) is -2.50. The van der Waals surface area contributed by atoms with Crippen LogP contribution in [0.3, 0.4) is 0 Å². The van der Waals surface area contributed by atoms with Gasteiger partial charge in [-0.1, -0.05) is 27.7 Å². The molecule has 4 aliphatic heterocycles. The number of carboxylic acids is 2. The lowest BCUT2D eigenvalue weighted by Gasteiger charge is -2.59. The number of carbonyl (C=O) groups is 5. The number of nitrogens with one attached hydrogen (secondary N) is 2. The molecule has 4 saturated heterocycles. The number of amides is 2. The fourth-order valence-corrected chi connectivity index (χ4v) is 7.18. The quantitative estimate of drug-likeness (QED) is 0.172. The van der Waals surface area contributed by atoms with Crippen molar-refractivity contribution in [2.24, 2.45) is 29.6 Å². The van der Waals surface area contributed by atoms with Crippen LogP contribution in [-0.2, 0) is 48.0 Å². The van der Waals surface area contributed by atoms with E-state index in [-0.39, 0.29) is 49.4 Å². The minimum absolute atomic E-state index is 0.0352. The Kier molecular flexibility index (Phi) is 10.6. The van der Waals surface area contributed by atoms with Gasteiger partial charge in [-0.2, -0.15) is 0 Å². The Morgan fingerprint density at radius 2 is 1.66 bits per heavy atom. The Morgan fingerprint density at radius 3 is 2.32 bits per heavy atom. The molecule has 10 atom stereocenters. The number of esters is 1. The Hall–Kier alpha value is -2.81. The number of fused-ring (bicyclic) bond motifs is 2. The first kappa shape index (κ1) is 34.1. The van der Waals surface area contributed by atoms with Gasteiger partial charge in [0.1, 0.15) is 12.1 Å². The van der Waals surface area contributed by atoms with Crippen molar-refractivity contribution in [1.29, 1.82) is 0 Å². The zero-order valence-corrected chi connectivity index (χ0v) is 26.0. The van der Waals surface area contributed by atoms with Crippen LogP contribution in [0, 0.1) is 29.6 Å². The van der Waals surface area contributed by atoms with Gasteiger partial charge in [-0.15, -0.1) is 0 Å². The van der Waals surface area contributed by atoms with Gasteiger partial charge in [-0.3, -0.25) is 19.2 Å². The van der Waals surface area contributed by atoms with E-state index in [1.165, 1.54) is 0 Å². The molecule has 44 heavy (non-hydrogen) atoms. The fraction of sp³-hybridized carbons (Fsp3) is 0.833. The van der Waals surface area contributed by atoms with Crippen molar-refractivity contribution in [2.75, 3.05) is 0 Å². The molecule has 0 unspecified atom stereocenters. The topological polar surface area (TPSA) is 196 Å². The summed E-state index contributed by atoms with van der Waals surface area (Å²) in [7, 11) is 0. The van der Waals surface area contributed by atoms with E-state index in [1.54, 1.807) is 0 Å². The van der Waals surface area contributed by atoms with Gasteiger partial charge in [0.15, 0.2) is 11.9 Å². The van der Waals surface area contributed by atoms with Crippen LogP contribution >= 0.6 is 0 Å². The van der Waals surface area contributed by atoms with Gasteiger partial charge in [-0.25, -0.2) is 14.6 Å². The molecule has 14 heteroatoms. The van der Waals surface area contributed by atoms with Crippen LogP contribution in [0.2, 0.25) is 0 Å². The smallest absolute Gasteiger partial charge is 0.326 e. The van der Waals surface area contributed by atoms with Crippen molar-refractivity contribution >= 4 is 29.7 Å². The largest absolute Gasteiger partial charge is 0.481 e. The molecule has 248 valence electrons. The van der Waals surface area contributed by atoms with Gasteiger partial charge >= 0.3 is 17.9 Å². The fourth-order valence-electron chi connectivity index (χ4n) is 7.18. The predicted octanol–water partition coefficient (Wildman–Crippen LogP) is 2.48. The predicted molar refractivity (Wildman–Crippen MR) is 150 cm³/mol. The Morgan fingerprint density at radius 1 is 0.932 bits per heavy atom. The molecule has 1 spiro atoms. The van der Waals surface area contributed by atoms with E-state index >= 15 is 0 Å². The van der Waals surface area contributed by atoms with Crippen LogP contribution in [0.4, 0.5) is 0 Å². The van der Waals surface area contributed by atoms with E-state index in [2.05, 4.69) is 17.6 Å². The lowest BCUT2D eigenvalue weighted by Crippen LogP contribution is -2.70. The molecule has 0 aromatic rings. The summed E-state index contributed by atoms with van der Waals surface area (Å²) >= 11 is 0. The third-order valence-electron chi connectivity index (χ3n) is 9.52. The van der Waals surface area contributed by atoms with Crippen molar-refractivity contribution in [1.82, 2.24) is 10.6 Å². The molecule has 4 N–H and O–H groups in total. The van der Waals surface area contributed by atoms with E-state index < -0.39 is 72.2 Å². The first-order chi connectivity index (χ1) is 20.6. The lowest BCUT2D eigenvalue weighted by atomic mass is 9.58. The highest BCUT2D eigenvalue weighted by Gasteiger charge is 2.69. The second-order valence-corrected chi connectivity index (χ2v) is 13.3. The van der Waals surface area contributed by atoms with Gasteiger partial charge in [0, 0.05) is 31.1 Å². The highest BCUT2D eigenvalue weighted by Crippen LogP contribution is 2.60. The third kappa shape index (κ3) is 7.35. The molecule has 5 aliphatic rings. The Bertz CT molecular complexity index is 1120. The first-order valence-electron chi connectivity index (χ1n) is 15.6. The molecular weight excluding hydrogens is 580 g/mol. The molecule has 0 radical (unpaired) electrons. The van der Waals surface area contributed by atoms with E-state index in [0.717, 1.165) is 19.3 Å². The second-order valence-electron chi connectivity index (χ2n) is 13.3. The molecule has 5 fully saturated rings. The normalized spacial score (nSPS) is 35.5. The van der Waals surface area contributed by atoms with Crippen molar-refractivity contribution in [2.45, 2.75) is 128 Å². The SMILES string of the molecule is CC(C)C[C@H](NC(=O)CCC(=O)O[C@@H]1O[C@@H]2O[C@]3(C)CC[C@H]4[C@H](C)CC[C@@H]([C@H]1C)[C@@]24OO3)C(=O)N[C@@H](CCC(=O)O)C(=O)O. The van der Waals surface area contributed by atoms with Crippen LogP contribution < -0.4 is 10.6 Å². The molecule has 4 heterocycles. The van der Waals surface area contributed by atoms with Gasteiger partial charge in [0.25, 0.3) is 0 Å². The van der Waals surface area contributed by atoms with E-state index in [4.69, 9.17) is 29.1 Å². The van der Waals surface area contributed by atoms with Gasteiger partial charge in [-0.05, 0) is 56.8 Å². The number of carboxylic acid groups (broad SMARTS) is 2. The highest BCUT2D eigenvalue weighted by atomic mass is 17.3. The standard InChI is InChI=1S/C30H46N2O12/c1-15(2)14-21(25(37)32-20(26(38)39)8-10-23(34)35)31-22(33)9-11-24(36)40-27-17(4)19-7-6-16(3)18-12-13-29(5)42-28(41-27)30(18,19)44-43-29/h15-21,27-28H,6-14H2,1-5H3,(H,31,33)(H,32,37)(H,34,35)(H,38,39)/t16-,17-,18+,19+,20+,21+,27-,28-,29+,30-/m1/s1. The van der Waals surface area contributed by atoms with Crippen LogP contribution in [0.1, 0.15) is 92.4 Å². The summed E-state index contributed by atoms with van der Waals surface area (Å²) in [4.78, 5) is 72.8. The monoisotopic (exact) mass is 626 g/mol. The summed E-state index contributed by atoms with van der Waals surface area (Å²) < 4.78 is 18.3. The average molecular weight is 627 g/mol. The van der Waals surface area contributed by atoms with E-state index in [0.29, 0.717) is 12.3 Å². The summed E-state index contributed by atoms with van der Waals surface area (Å²) in [5.74, 6) is -5.28. The average Bonchev–Trinajstić information content (AvgIpc) is 3.17. The Balaban J connectivity index is 1.34. The van der Waals surface area contributed by atoms with Crippen LogP contribution in [0.15, 0.2) is 0 Å².